The lowest BCUT2D eigenvalue weighted by atomic mass is 10.1. The molecule has 1 aliphatic rings. The van der Waals surface area contributed by atoms with Gasteiger partial charge in [-0.2, -0.15) is 0 Å². The van der Waals surface area contributed by atoms with Crippen molar-refractivity contribution in [1.29, 1.82) is 0 Å². The summed E-state index contributed by atoms with van der Waals surface area (Å²) in [5, 5.41) is 10.9. The molecule has 2 rings (SSSR count). The third kappa shape index (κ3) is 3.56. The van der Waals surface area contributed by atoms with Gasteiger partial charge in [-0.1, -0.05) is 6.07 Å². The molecule has 1 saturated heterocycles. The Hall–Kier alpha value is -0.990. The van der Waals surface area contributed by atoms with Gasteiger partial charge < -0.3 is 0 Å². The first kappa shape index (κ1) is 15.4. The van der Waals surface area contributed by atoms with E-state index in [1.54, 1.807) is 6.07 Å². The molecule has 110 valence electrons. The summed E-state index contributed by atoms with van der Waals surface area (Å²) in [4.78, 5) is 12.5. The molecule has 1 aromatic rings. The van der Waals surface area contributed by atoms with Gasteiger partial charge in [0, 0.05) is 25.2 Å². The summed E-state index contributed by atoms with van der Waals surface area (Å²) in [6.07, 6.45) is 0. The van der Waals surface area contributed by atoms with Crippen LogP contribution in [0.3, 0.4) is 0 Å². The lowest BCUT2D eigenvalue weighted by Crippen LogP contribution is -2.46. The second-order valence-electron chi connectivity index (χ2n) is 4.98. The smallest absolute Gasteiger partial charge is 0.283 e. The zero-order chi connectivity index (χ0) is 14.9. The molecule has 0 aromatic heterocycles. The van der Waals surface area contributed by atoms with E-state index in [0.29, 0.717) is 17.6 Å². The number of benzene rings is 1. The van der Waals surface area contributed by atoms with Gasteiger partial charge in [-0.05, 0) is 34.5 Å². The summed E-state index contributed by atoms with van der Waals surface area (Å²) in [5.41, 5.74) is 0.839. The van der Waals surface area contributed by atoms with Crippen molar-refractivity contribution in [2.24, 2.45) is 0 Å². The molecule has 8 heteroatoms. The predicted octanol–water partition coefficient (Wildman–Crippen LogP) is 1.98. The number of nitro groups is 1. The largest absolute Gasteiger partial charge is 0.294 e. The summed E-state index contributed by atoms with van der Waals surface area (Å²) in [5.74, 6) is 0.293. The Morgan fingerprint density at radius 1 is 1.50 bits per heavy atom. The Balaban J connectivity index is 2.15. The number of hydrogen-bond donors (Lipinski definition) is 0. The van der Waals surface area contributed by atoms with Gasteiger partial charge in [0.1, 0.15) is 0 Å². The first-order valence-electron chi connectivity index (χ1n) is 6.16. The van der Waals surface area contributed by atoms with Crippen LogP contribution in [0.2, 0.25) is 0 Å². The molecule has 0 spiro atoms. The van der Waals surface area contributed by atoms with E-state index in [9.17, 15) is 18.5 Å². The summed E-state index contributed by atoms with van der Waals surface area (Å²) in [6.45, 7) is 2.85. The van der Waals surface area contributed by atoms with Crippen molar-refractivity contribution in [3.05, 3.63) is 38.3 Å². The number of nitro benzene ring substituents is 1. The van der Waals surface area contributed by atoms with Gasteiger partial charge in [0.15, 0.2) is 9.84 Å². The van der Waals surface area contributed by atoms with Crippen LogP contribution in [0.25, 0.3) is 0 Å². The third-order valence-corrected chi connectivity index (χ3v) is 5.87. The predicted molar refractivity (Wildman–Crippen MR) is 79.3 cm³/mol. The minimum Gasteiger partial charge on any atom is -0.294 e. The van der Waals surface area contributed by atoms with E-state index in [2.05, 4.69) is 15.9 Å². The second-order valence-corrected chi connectivity index (χ2v) is 8.06. The molecule has 0 saturated carbocycles. The van der Waals surface area contributed by atoms with Gasteiger partial charge in [0.2, 0.25) is 0 Å². The van der Waals surface area contributed by atoms with E-state index < -0.39 is 14.8 Å². The standard InChI is InChI=1S/C12H15BrN2O4S/c1-9-8-20(18,19)5-4-14(9)7-10-2-3-11(13)12(6-10)15(16)17/h2-3,6,9H,4-5,7-8H2,1H3. The van der Waals surface area contributed by atoms with Crippen LogP contribution in [-0.4, -0.2) is 42.3 Å². The van der Waals surface area contributed by atoms with Crippen LogP contribution < -0.4 is 0 Å². The molecule has 0 bridgehead atoms. The molecule has 6 nitrogen and oxygen atoms in total. The van der Waals surface area contributed by atoms with Gasteiger partial charge in [-0.15, -0.1) is 0 Å². The Kier molecular flexibility index (Phi) is 4.46. The van der Waals surface area contributed by atoms with Gasteiger partial charge in [0.25, 0.3) is 5.69 Å². The number of hydrogen-bond acceptors (Lipinski definition) is 5. The quantitative estimate of drug-likeness (QED) is 0.606. The molecule has 1 heterocycles. The van der Waals surface area contributed by atoms with Crippen LogP contribution in [0.1, 0.15) is 12.5 Å². The molecule has 0 amide bonds. The van der Waals surface area contributed by atoms with Gasteiger partial charge in [-0.25, -0.2) is 8.42 Å². The SMILES string of the molecule is CC1CS(=O)(=O)CCN1Cc1ccc(Br)c([N+](=O)[O-])c1. The van der Waals surface area contributed by atoms with Crippen molar-refractivity contribution < 1.29 is 13.3 Å². The summed E-state index contributed by atoms with van der Waals surface area (Å²) in [6, 6.07) is 4.92. The Morgan fingerprint density at radius 3 is 2.80 bits per heavy atom. The van der Waals surface area contributed by atoms with E-state index in [0.717, 1.165) is 5.56 Å². The molecule has 0 aliphatic carbocycles. The summed E-state index contributed by atoms with van der Waals surface area (Å²) < 4.78 is 23.5. The van der Waals surface area contributed by atoms with Crippen LogP contribution in [0, 0.1) is 10.1 Å². The number of nitrogens with zero attached hydrogens (tertiary/aromatic N) is 2. The van der Waals surface area contributed by atoms with Crippen molar-refractivity contribution in [3.8, 4) is 0 Å². The van der Waals surface area contributed by atoms with E-state index in [1.165, 1.54) is 6.07 Å². The molecule has 0 N–H and O–H groups in total. The van der Waals surface area contributed by atoms with Gasteiger partial charge in [-0.3, -0.25) is 15.0 Å². The topological polar surface area (TPSA) is 80.5 Å². The first-order valence-corrected chi connectivity index (χ1v) is 8.77. The molecule has 1 fully saturated rings. The number of rotatable bonds is 3. The molecule has 1 aliphatic heterocycles. The highest BCUT2D eigenvalue weighted by atomic mass is 79.9. The Labute approximate surface area is 126 Å². The highest BCUT2D eigenvalue weighted by Crippen LogP contribution is 2.26. The summed E-state index contributed by atoms with van der Waals surface area (Å²) >= 11 is 3.15. The normalized spacial score (nSPS) is 22.6. The fourth-order valence-electron chi connectivity index (χ4n) is 2.30. The van der Waals surface area contributed by atoms with Gasteiger partial charge >= 0.3 is 0 Å². The maximum absolute atomic E-state index is 11.5. The zero-order valence-electron chi connectivity index (χ0n) is 11.0. The van der Waals surface area contributed by atoms with E-state index in [-0.39, 0.29) is 23.2 Å². The highest BCUT2D eigenvalue weighted by Gasteiger charge is 2.28. The monoisotopic (exact) mass is 362 g/mol. The van der Waals surface area contributed by atoms with Gasteiger partial charge in [0.05, 0.1) is 20.9 Å². The highest BCUT2D eigenvalue weighted by molar-refractivity contribution is 9.10. The van der Waals surface area contributed by atoms with Crippen molar-refractivity contribution in [3.63, 3.8) is 0 Å². The first-order chi connectivity index (χ1) is 9.28. The lowest BCUT2D eigenvalue weighted by Gasteiger charge is -2.33. The van der Waals surface area contributed by atoms with Crippen LogP contribution in [0.4, 0.5) is 5.69 Å². The van der Waals surface area contributed by atoms with E-state index >= 15 is 0 Å². The molecule has 1 atom stereocenters. The molecule has 1 aromatic carbocycles. The minimum absolute atomic E-state index is 0.0276. The molecule has 0 radical (unpaired) electrons. The molecule has 1 unspecified atom stereocenters. The maximum Gasteiger partial charge on any atom is 0.283 e. The number of halogens is 1. The van der Waals surface area contributed by atoms with Crippen LogP contribution in [0.5, 0.6) is 0 Å². The van der Waals surface area contributed by atoms with E-state index in [4.69, 9.17) is 0 Å². The molecular formula is C12H15BrN2O4S. The minimum atomic E-state index is -2.94. The summed E-state index contributed by atoms with van der Waals surface area (Å²) in [7, 11) is -2.94. The van der Waals surface area contributed by atoms with Crippen LogP contribution in [-0.2, 0) is 16.4 Å². The Bertz CT molecular complexity index is 632. The zero-order valence-corrected chi connectivity index (χ0v) is 13.4. The average molecular weight is 363 g/mol. The Morgan fingerprint density at radius 2 is 2.20 bits per heavy atom. The van der Waals surface area contributed by atoms with E-state index in [1.807, 2.05) is 17.9 Å². The van der Waals surface area contributed by atoms with Crippen LogP contribution >= 0.6 is 15.9 Å². The lowest BCUT2D eigenvalue weighted by molar-refractivity contribution is -0.385. The van der Waals surface area contributed by atoms with Crippen molar-refractivity contribution in [1.82, 2.24) is 4.90 Å². The van der Waals surface area contributed by atoms with Crippen molar-refractivity contribution in [2.75, 3.05) is 18.1 Å². The fraction of sp³-hybridized carbons (Fsp3) is 0.500. The fourth-order valence-corrected chi connectivity index (χ4v) is 4.32. The molecule has 20 heavy (non-hydrogen) atoms. The third-order valence-electron chi connectivity index (χ3n) is 3.40. The van der Waals surface area contributed by atoms with Crippen LogP contribution in [0.15, 0.2) is 22.7 Å². The number of sulfone groups is 1. The molecular weight excluding hydrogens is 348 g/mol. The maximum atomic E-state index is 11.5. The van der Waals surface area contributed by atoms with Crippen molar-refractivity contribution >= 4 is 31.5 Å². The second kappa shape index (κ2) is 5.79. The average Bonchev–Trinajstić information content (AvgIpc) is 2.34. The van der Waals surface area contributed by atoms with Crippen molar-refractivity contribution in [2.45, 2.75) is 19.5 Å².